The minimum absolute atomic E-state index is 0.610. The van der Waals surface area contributed by atoms with Crippen molar-refractivity contribution in [1.82, 2.24) is 5.32 Å². The van der Waals surface area contributed by atoms with Crippen LogP contribution in [-0.4, -0.2) is 25.8 Å². The van der Waals surface area contributed by atoms with Crippen molar-refractivity contribution in [3.63, 3.8) is 0 Å². The van der Waals surface area contributed by atoms with Gasteiger partial charge in [-0.1, -0.05) is 45.0 Å². The zero-order chi connectivity index (χ0) is 13.7. The summed E-state index contributed by atoms with van der Waals surface area (Å²) in [7, 11) is 0. The molecule has 19 heavy (non-hydrogen) atoms. The van der Waals surface area contributed by atoms with E-state index in [9.17, 15) is 0 Å². The van der Waals surface area contributed by atoms with Gasteiger partial charge >= 0.3 is 0 Å². The van der Waals surface area contributed by atoms with Crippen molar-refractivity contribution >= 4 is 0 Å². The van der Waals surface area contributed by atoms with Gasteiger partial charge in [0.25, 0.3) is 0 Å². The summed E-state index contributed by atoms with van der Waals surface area (Å²) in [5.74, 6) is 1.22. The minimum atomic E-state index is 0.610. The largest absolute Gasteiger partial charge is 0.381 e. The average Bonchev–Trinajstić information content (AvgIpc) is 2.42. The highest BCUT2D eigenvalue weighted by atomic mass is 16.5. The summed E-state index contributed by atoms with van der Waals surface area (Å²) in [6.07, 6.45) is 2.26. The lowest BCUT2D eigenvalue weighted by molar-refractivity contribution is 0.0327. The molecule has 2 atom stereocenters. The van der Waals surface area contributed by atoms with Gasteiger partial charge in [0, 0.05) is 18.6 Å². The van der Waals surface area contributed by atoms with Gasteiger partial charge in [0.1, 0.15) is 0 Å². The van der Waals surface area contributed by atoms with E-state index < -0.39 is 0 Å². The molecule has 0 radical (unpaired) electrons. The van der Waals surface area contributed by atoms with Gasteiger partial charge in [0.05, 0.1) is 6.61 Å². The van der Waals surface area contributed by atoms with E-state index in [0.717, 1.165) is 32.6 Å². The van der Waals surface area contributed by atoms with E-state index in [4.69, 9.17) is 4.74 Å². The van der Waals surface area contributed by atoms with E-state index in [-0.39, 0.29) is 0 Å². The molecule has 106 valence electrons. The van der Waals surface area contributed by atoms with Gasteiger partial charge in [-0.25, -0.2) is 0 Å². The topological polar surface area (TPSA) is 21.3 Å². The SMILES string of the molecule is CCNC1CCOCC1Cc1ccc(C(C)C)cc1. The van der Waals surface area contributed by atoms with Crippen molar-refractivity contribution in [1.29, 1.82) is 0 Å². The molecular formula is C17H27NO. The van der Waals surface area contributed by atoms with Crippen LogP contribution in [0.25, 0.3) is 0 Å². The third-order valence-electron chi connectivity index (χ3n) is 4.08. The summed E-state index contributed by atoms with van der Waals surface area (Å²) in [5.41, 5.74) is 2.86. The van der Waals surface area contributed by atoms with Crippen LogP contribution in [0.4, 0.5) is 0 Å². The first kappa shape index (κ1) is 14.5. The van der Waals surface area contributed by atoms with Crippen molar-refractivity contribution in [2.45, 2.75) is 45.6 Å². The van der Waals surface area contributed by atoms with Crippen LogP contribution in [0.2, 0.25) is 0 Å². The zero-order valence-electron chi connectivity index (χ0n) is 12.5. The van der Waals surface area contributed by atoms with Crippen molar-refractivity contribution in [3.8, 4) is 0 Å². The molecule has 2 rings (SSSR count). The second kappa shape index (κ2) is 7.06. The molecule has 1 heterocycles. The van der Waals surface area contributed by atoms with Crippen molar-refractivity contribution < 1.29 is 4.74 Å². The Morgan fingerprint density at radius 1 is 1.26 bits per heavy atom. The van der Waals surface area contributed by atoms with Gasteiger partial charge in [0.2, 0.25) is 0 Å². The van der Waals surface area contributed by atoms with Crippen LogP contribution in [-0.2, 0) is 11.2 Å². The predicted molar refractivity (Wildman–Crippen MR) is 80.6 cm³/mol. The predicted octanol–water partition coefficient (Wildman–Crippen LogP) is 3.37. The van der Waals surface area contributed by atoms with Crippen LogP contribution in [0.1, 0.15) is 44.2 Å². The number of rotatable bonds is 5. The molecule has 1 N–H and O–H groups in total. The molecule has 2 nitrogen and oxygen atoms in total. The molecule has 1 aromatic rings. The fourth-order valence-electron chi connectivity index (χ4n) is 2.87. The zero-order valence-corrected chi connectivity index (χ0v) is 12.5. The molecule has 0 saturated carbocycles. The maximum atomic E-state index is 5.65. The summed E-state index contributed by atoms with van der Waals surface area (Å²) < 4.78 is 5.65. The van der Waals surface area contributed by atoms with Crippen LogP contribution in [0.3, 0.4) is 0 Å². The van der Waals surface area contributed by atoms with Gasteiger partial charge in [0.15, 0.2) is 0 Å². The highest BCUT2D eigenvalue weighted by Gasteiger charge is 2.24. The minimum Gasteiger partial charge on any atom is -0.381 e. The molecule has 2 unspecified atom stereocenters. The normalized spacial score (nSPS) is 23.8. The summed E-state index contributed by atoms with van der Waals surface area (Å²) in [5, 5.41) is 3.60. The van der Waals surface area contributed by atoms with Crippen molar-refractivity contribution in [2.24, 2.45) is 5.92 Å². The van der Waals surface area contributed by atoms with E-state index in [1.165, 1.54) is 11.1 Å². The first-order valence-electron chi connectivity index (χ1n) is 7.60. The van der Waals surface area contributed by atoms with Gasteiger partial charge in [-0.2, -0.15) is 0 Å². The molecule has 1 saturated heterocycles. The monoisotopic (exact) mass is 261 g/mol. The number of hydrogen-bond donors (Lipinski definition) is 1. The number of benzene rings is 1. The second-order valence-corrected chi connectivity index (χ2v) is 5.89. The molecule has 0 amide bonds. The maximum absolute atomic E-state index is 5.65. The van der Waals surface area contributed by atoms with E-state index in [2.05, 4.69) is 50.4 Å². The smallest absolute Gasteiger partial charge is 0.0512 e. The van der Waals surface area contributed by atoms with Crippen molar-refractivity contribution in [2.75, 3.05) is 19.8 Å². The van der Waals surface area contributed by atoms with Gasteiger partial charge < -0.3 is 10.1 Å². The molecule has 0 aliphatic carbocycles. The van der Waals surface area contributed by atoms with Crippen LogP contribution in [0, 0.1) is 5.92 Å². The molecule has 2 heteroatoms. The van der Waals surface area contributed by atoms with E-state index >= 15 is 0 Å². The fraction of sp³-hybridized carbons (Fsp3) is 0.647. The van der Waals surface area contributed by atoms with Crippen LogP contribution in [0.5, 0.6) is 0 Å². The Labute approximate surface area is 117 Å². The lowest BCUT2D eigenvalue weighted by atomic mass is 9.88. The molecular weight excluding hydrogens is 234 g/mol. The van der Waals surface area contributed by atoms with Crippen LogP contribution >= 0.6 is 0 Å². The fourth-order valence-corrected chi connectivity index (χ4v) is 2.87. The Morgan fingerprint density at radius 2 is 2.00 bits per heavy atom. The third-order valence-corrected chi connectivity index (χ3v) is 4.08. The Bertz CT molecular complexity index is 369. The Kier molecular flexibility index (Phi) is 5.41. The standard InChI is InChI=1S/C17H27NO/c1-4-18-17-9-10-19-12-16(17)11-14-5-7-15(8-6-14)13(2)3/h5-8,13,16-18H,4,9-12H2,1-3H3. The number of nitrogens with one attached hydrogen (secondary N) is 1. The summed E-state index contributed by atoms with van der Waals surface area (Å²) in [6, 6.07) is 9.72. The summed E-state index contributed by atoms with van der Waals surface area (Å²) in [6.45, 7) is 9.51. The lowest BCUT2D eigenvalue weighted by Gasteiger charge is -2.32. The third kappa shape index (κ3) is 4.05. The number of ether oxygens (including phenoxy) is 1. The highest BCUT2D eigenvalue weighted by molar-refractivity contribution is 5.25. The number of hydrogen-bond acceptors (Lipinski definition) is 2. The first-order chi connectivity index (χ1) is 9.20. The first-order valence-corrected chi connectivity index (χ1v) is 7.60. The molecule has 1 fully saturated rings. The second-order valence-electron chi connectivity index (χ2n) is 5.89. The lowest BCUT2D eigenvalue weighted by Crippen LogP contribution is -2.43. The molecule has 0 bridgehead atoms. The van der Waals surface area contributed by atoms with Crippen LogP contribution < -0.4 is 5.32 Å². The summed E-state index contributed by atoms with van der Waals surface area (Å²) >= 11 is 0. The Hall–Kier alpha value is -0.860. The van der Waals surface area contributed by atoms with E-state index in [1.807, 2.05) is 0 Å². The average molecular weight is 261 g/mol. The Balaban J connectivity index is 1.98. The molecule has 1 aromatic carbocycles. The molecule has 0 spiro atoms. The van der Waals surface area contributed by atoms with E-state index in [1.54, 1.807) is 0 Å². The van der Waals surface area contributed by atoms with Gasteiger partial charge in [-0.3, -0.25) is 0 Å². The van der Waals surface area contributed by atoms with Gasteiger partial charge in [-0.15, -0.1) is 0 Å². The highest BCUT2D eigenvalue weighted by Crippen LogP contribution is 2.21. The van der Waals surface area contributed by atoms with E-state index in [0.29, 0.717) is 17.9 Å². The van der Waals surface area contributed by atoms with Crippen molar-refractivity contribution in [3.05, 3.63) is 35.4 Å². The van der Waals surface area contributed by atoms with Gasteiger partial charge in [-0.05, 0) is 36.4 Å². The Morgan fingerprint density at radius 3 is 2.63 bits per heavy atom. The molecule has 1 aliphatic rings. The maximum Gasteiger partial charge on any atom is 0.0512 e. The summed E-state index contributed by atoms with van der Waals surface area (Å²) in [4.78, 5) is 0. The molecule has 1 aliphatic heterocycles. The van der Waals surface area contributed by atoms with Crippen LogP contribution in [0.15, 0.2) is 24.3 Å². The quantitative estimate of drug-likeness (QED) is 0.877. The molecule has 0 aromatic heterocycles.